The van der Waals surface area contributed by atoms with Crippen molar-refractivity contribution in [2.24, 2.45) is 0 Å². The number of amides is 2. The van der Waals surface area contributed by atoms with E-state index >= 15 is 0 Å². The molecule has 1 aromatic carbocycles. The number of aromatic hydroxyl groups is 2. The van der Waals surface area contributed by atoms with Gasteiger partial charge in [0.05, 0.1) is 12.0 Å². The van der Waals surface area contributed by atoms with Crippen LogP contribution in [0.5, 0.6) is 11.5 Å². The zero-order chi connectivity index (χ0) is 25.3. The van der Waals surface area contributed by atoms with E-state index in [9.17, 15) is 34.5 Å². The normalized spacial score (nSPS) is 20.6. The minimum atomic E-state index is -1.72. The van der Waals surface area contributed by atoms with Crippen LogP contribution in [0.15, 0.2) is 47.0 Å². The molecule has 186 valence electrons. The molecule has 11 nitrogen and oxygen atoms in total. The van der Waals surface area contributed by atoms with Crippen LogP contribution in [0.1, 0.15) is 15.2 Å². The Kier molecular flexibility index (Phi) is 8.75. The van der Waals surface area contributed by atoms with Crippen LogP contribution in [0, 0.1) is 0 Å². The Bertz CT molecular complexity index is 1230. The fourth-order valence-corrected chi connectivity index (χ4v) is 5.89. The van der Waals surface area contributed by atoms with Crippen molar-refractivity contribution in [3.05, 3.63) is 57.4 Å². The van der Waals surface area contributed by atoms with Crippen molar-refractivity contribution in [3.63, 3.8) is 0 Å². The number of carboxylic acids is 1. The first-order valence-corrected chi connectivity index (χ1v) is 12.1. The van der Waals surface area contributed by atoms with Gasteiger partial charge in [-0.1, -0.05) is 6.07 Å². The number of nitrogens with zero attached hydrogens (tertiary/aromatic N) is 1. The quantitative estimate of drug-likeness (QED) is 0.122. The van der Waals surface area contributed by atoms with Crippen LogP contribution >= 0.6 is 23.1 Å². The Morgan fingerprint density at radius 3 is 2.58 bits per heavy atom. The van der Waals surface area contributed by atoms with Crippen LogP contribution in [0.3, 0.4) is 0 Å². The van der Waals surface area contributed by atoms with Crippen LogP contribution in [0.4, 0.5) is 0 Å². The molecule has 2 atom stereocenters. The fourth-order valence-electron chi connectivity index (χ4n) is 3.76. The molecule has 2 amide bonds. The van der Waals surface area contributed by atoms with Gasteiger partial charge in [-0.25, -0.2) is 9.59 Å². The molecule has 0 radical (unpaired) electrons. The van der Waals surface area contributed by atoms with Crippen molar-refractivity contribution < 1.29 is 44.0 Å². The number of aliphatic carboxylic acids is 1. The molecule has 2 aromatic rings. The topological polar surface area (TPSA) is 163 Å². The van der Waals surface area contributed by atoms with Crippen LogP contribution in [-0.2, 0) is 30.3 Å². The van der Waals surface area contributed by atoms with Crippen molar-refractivity contribution in [2.45, 2.75) is 17.5 Å². The molecule has 0 saturated carbocycles. The number of hydrogen-bond acceptors (Lipinski definition) is 10. The fraction of sp³-hybridized carbons (Fsp3) is 0.273. The standard InChI is InChI=1S/C22H20N2O9S2.Na.H/c1-32-22(23-16(27)8-13-3-2-6-34-13)20(31)24-17(18(28)29)12(10-35-21(22)24)9-33-19(30)11-4-5-14(25)15(26)7-11;;/h2-7,21,25-26H,8-10H2,1H3,(H,23,27)(H,28,29);;/t21-,22?;;/m1../s1. The number of nitrogens with one attached hydrogen (secondary N) is 1. The summed E-state index contributed by atoms with van der Waals surface area (Å²) in [5.74, 6) is -4.27. The Balaban J connectivity index is 0.00000361. The van der Waals surface area contributed by atoms with Crippen LogP contribution in [0.2, 0.25) is 0 Å². The Labute approximate surface area is 235 Å². The molecule has 2 aliphatic heterocycles. The van der Waals surface area contributed by atoms with Gasteiger partial charge in [-0.05, 0) is 29.6 Å². The number of ether oxygens (including phenoxy) is 2. The Morgan fingerprint density at radius 1 is 1.22 bits per heavy atom. The molecule has 0 bridgehead atoms. The Hall–Kier alpha value is -2.55. The van der Waals surface area contributed by atoms with Crippen molar-refractivity contribution in [3.8, 4) is 11.5 Å². The number of esters is 1. The van der Waals surface area contributed by atoms with Crippen LogP contribution in [-0.4, -0.2) is 104 Å². The number of phenols is 2. The van der Waals surface area contributed by atoms with Gasteiger partial charge in [0, 0.05) is 23.3 Å². The van der Waals surface area contributed by atoms with Gasteiger partial charge in [-0.2, -0.15) is 0 Å². The second-order valence-corrected chi connectivity index (χ2v) is 9.72. The summed E-state index contributed by atoms with van der Waals surface area (Å²) in [5.41, 5.74) is -1.93. The average Bonchev–Trinajstić information content (AvgIpc) is 3.34. The van der Waals surface area contributed by atoms with Gasteiger partial charge < -0.3 is 30.1 Å². The van der Waals surface area contributed by atoms with Crippen molar-refractivity contribution in [1.29, 1.82) is 0 Å². The van der Waals surface area contributed by atoms with Gasteiger partial charge in [0.2, 0.25) is 5.91 Å². The van der Waals surface area contributed by atoms with Gasteiger partial charge in [0.25, 0.3) is 11.6 Å². The van der Waals surface area contributed by atoms with E-state index in [4.69, 9.17) is 9.47 Å². The van der Waals surface area contributed by atoms with E-state index in [-0.39, 0.29) is 58.6 Å². The summed E-state index contributed by atoms with van der Waals surface area (Å²) in [6.45, 7) is -0.420. The molecule has 0 aliphatic carbocycles. The molecule has 14 heteroatoms. The first-order valence-electron chi connectivity index (χ1n) is 10.2. The van der Waals surface area contributed by atoms with E-state index in [1.807, 2.05) is 5.38 Å². The summed E-state index contributed by atoms with van der Waals surface area (Å²) in [5, 5.41) is 32.3. The maximum atomic E-state index is 13.1. The molecule has 36 heavy (non-hydrogen) atoms. The third kappa shape index (κ3) is 5.12. The zero-order valence-corrected chi connectivity index (χ0v) is 19.9. The molecule has 3 heterocycles. The molecule has 4 N–H and O–H groups in total. The van der Waals surface area contributed by atoms with E-state index in [0.717, 1.165) is 33.7 Å². The van der Waals surface area contributed by atoms with E-state index in [1.165, 1.54) is 24.5 Å². The second-order valence-electron chi connectivity index (χ2n) is 7.62. The number of rotatable bonds is 8. The molecular weight excluding hydrogens is 523 g/mol. The van der Waals surface area contributed by atoms with Gasteiger partial charge in [0.15, 0.2) is 11.5 Å². The van der Waals surface area contributed by atoms with E-state index in [1.54, 1.807) is 12.1 Å². The minimum absolute atomic E-state index is 0. The summed E-state index contributed by atoms with van der Waals surface area (Å²) < 4.78 is 10.6. The van der Waals surface area contributed by atoms with E-state index in [2.05, 4.69) is 5.32 Å². The Morgan fingerprint density at radius 2 is 1.97 bits per heavy atom. The number of thioether (sulfide) groups is 1. The summed E-state index contributed by atoms with van der Waals surface area (Å²) in [6.07, 6.45) is 0.0447. The van der Waals surface area contributed by atoms with Crippen LogP contribution < -0.4 is 5.32 Å². The van der Waals surface area contributed by atoms with E-state index < -0.39 is 53.0 Å². The molecule has 1 aromatic heterocycles. The predicted octanol–water partition coefficient (Wildman–Crippen LogP) is 0.623. The number of hydrogen-bond donors (Lipinski definition) is 4. The number of thiophene rings is 1. The number of phenolic OH excluding ortho intramolecular Hbond substituents is 2. The first kappa shape index (κ1) is 28.0. The summed E-state index contributed by atoms with van der Waals surface area (Å²) in [7, 11) is 1.26. The number of β-lactam (4-membered cyclic amide) rings is 1. The molecular formula is C22H21N2NaO9S2. The van der Waals surface area contributed by atoms with Gasteiger partial charge in [-0.15, -0.1) is 23.1 Å². The molecule has 1 fully saturated rings. The molecule has 0 spiro atoms. The second kappa shape index (κ2) is 11.2. The van der Waals surface area contributed by atoms with Gasteiger partial charge >= 0.3 is 41.5 Å². The third-order valence-electron chi connectivity index (χ3n) is 5.46. The average molecular weight is 545 g/mol. The van der Waals surface area contributed by atoms with E-state index in [0.29, 0.717) is 0 Å². The molecule has 4 rings (SSSR count). The molecule has 2 aliphatic rings. The molecule has 1 unspecified atom stereocenters. The summed E-state index contributed by atoms with van der Waals surface area (Å²) in [4.78, 5) is 51.8. The number of carboxylic acid groups (broad SMARTS) is 1. The third-order valence-corrected chi connectivity index (χ3v) is 7.71. The van der Waals surface area contributed by atoms with Crippen molar-refractivity contribution >= 4 is 76.4 Å². The zero-order valence-electron chi connectivity index (χ0n) is 18.2. The maximum absolute atomic E-state index is 13.1. The first-order chi connectivity index (χ1) is 16.7. The molecule has 1 saturated heterocycles. The number of carbonyl (C=O) groups is 4. The van der Waals surface area contributed by atoms with Gasteiger partial charge in [0.1, 0.15) is 17.7 Å². The number of fused-ring (bicyclic) bond motifs is 1. The number of carbonyl (C=O) groups excluding carboxylic acids is 3. The summed E-state index contributed by atoms with van der Waals surface area (Å²) in [6, 6.07) is 6.95. The van der Waals surface area contributed by atoms with Crippen LogP contribution in [0.25, 0.3) is 0 Å². The summed E-state index contributed by atoms with van der Waals surface area (Å²) >= 11 is 2.55. The predicted molar refractivity (Wildman–Crippen MR) is 131 cm³/mol. The number of benzene rings is 1. The van der Waals surface area contributed by atoms with Gasteiger partial charge in [-0.3, -0.25) is 14.5 Å². The SMILES string of the molecule is COC1(NC(=O)Cc2cccs2)C(=O)N2C(C(=O)O)=C(COC(=O)c3ccc(O)c(O)c3)CS[C@@H]21.[NaH]. The van der Waals surface area contributed by atoms with Crippen molar-refractivity contribution in [1.82, 2.24) is 10.2 Å². The van der Waals surface area contributed by atoms with Crippen molar-refractivity contribution in [2.75, 3.05) is 19.5 Å². The number of methoxy groups -OCH3 is 1. The monoisotopic (exact) mass is 544 g/mol.